The number of carbonyl (C=O) groups is 1. The molecule has 0 radical (unpaired) electrons. The summed E-state index contributed by atoms with van der Waals surface area (Å²) in [4.78, 5) is 29.5. The van der Waals surface area contributed by atoms with Crippen molar-refractivity contribution in [2.24, 2.45) is 0 Å². The van der Waals surface area contributed by atoms with Gasteiger partial charge in [-0.25, -0.2) is 13.2 Å². The van der Waals surface area contributed by atoms with Gasteiger partial charge >= 0.3 is 6.09 Å². The van der Waals surface area contributed by atoms with Gasteiger partial charge in [-0.3, -0.25) is 15.1 Å². The number of nitrogens with zero attached hydrogens (tertiary/aromatic N) is 4. The number of nitro groups is 1. The van der Waals surface area contributed by atoms with Crippen molar-refractivity contribution in [2.75, 3.05) is 13.1 Å². The normalized spacial score (nSPS) is 15.8. The lowest BCUT2D eigenvalue weighted by Gasteiger charge is -2.29. The fourth-order valence-electron chi connectivity index (χ4n) is 4.93. The number of pyridine rings is 1. The number of rotatable bonds is 7. The summed E-state index contributed by atoms with van der Waals surface area (Å²) in [6.45, 7) is 11.8. The van der Waals surface area contributed by atoms with Crippen LogP contribution in [0.1, 0.15) is 49.4 Å². The van der Waals surface area contributed by atoms with Crippen LogP contribution in [0.25, 0.3) is 11.3 Å². The summed E-state index contributed by atoms with van der Waals surface area (Å²) in [7, 11) is -4.35. The first-order valence-electron chi connectivity index (χ1n) is 13.4. The van der Waals surface area contributed by atoms with Gasteiger partial charge in [-0.05, 0) is 101 Å². The molecule has 2 heterocycles. The molecule has 3 aromatic rings. The summed E-state index contributed by atoms with van der Waals surface area (Å²) >= 11 is 0. The van der Waals surface area contributed by atoms with Crippen molar-refractivity contribution in [3.05, 3.63) is 87.1 Å². The van der Waals surface area contributed by atoms with Crippen molar-refractivity contribution in [3.63, 3.8) is 0 Å². The lowest BCUT2D eigenvalue weighted by Crippen LogP contribution is -2.43. The van der Waals surface area contributed by atoms with Crippen LogP contribution in [-0.4, -0.2) is 58.4 Å². The molecular formula is C30H36N4O6S. The molecule has 1 saturated heterocycles. The average molecular weight is 581 g/mol. The first-order chi connectivity index (χ1) is 19.2. The zero-order chi connectivity index (χ0) is 30.1. The number of nitro benzene ring substituents is 1. The van der Waals surface area contributed by atoms with Crippen LogP contribution in [0.4, 0.5) is 10.5 Å². The Bertz CT molecular complexity index is 1560. The van der Waals surface area contributed by atoms with Crippen LogP contribution in [0, 0.1) is 30.9 Å². The predicted octanol–water partition coefficient (Wildman–Crippen LogP) is 5.78. The quantitative estimate of drug-likeness (QED) is 0.256. The van der Waals surface area contributed by atoms with Gasteiger partial charge in [0.25, 0.3) is 15.7 Å². The first kappa shape index (κ1) is 30.1. The molecule has 0 aliphatic carbocycles. The Morgan fingerprint density at radius 1 is 1.12 bits per heavy atom. The summed E-state index contributed by atoms with van der Waals surface area (Å²) in [5, 5.41) is 11.8. The molecule has 2 aromatic carbocycles. The Morgan fingerprint density at radius 2 is 1.78 bits per heavy atom. The van der Waals surface area contributed by atoms with Gasteiger partial charge in [0.1, 0.15) is 5.60 Å². The molecule has 1 fully saturated rings. The molecule has 11 heteroatoms. The predicted molar refractivity (Wildman–Crippen MR) is 156 cm³/mol. The summed E-state index contributed by atoms with van der Waals surface area (Å²) in [5.41, 5.74) is 4.52. The van der Waals surface area contributed by atoms with Gasteiger partial charge in [0.15, 0.2) is 4.90 Å². The highest BCUT2D eigenvalue weighted by molar-refractivity contribution is 7.89. The highest BCUT2D eigenvalue weighted by atomic mass is 32.2. The average Bonchev–Trinajstić information content (AvgIpc) is 3.39. The smallest absolute Gasteiger partial charge is 0.410 e. The Labute approximate surface area is 241 Å². The molecule has 218 valence electrons. The Balaban J connectivity index is 1.73. The van der Waals surface area contributed by atoms with E-state index >= 15 is 0 Å². The SMILES string of the molecule is Cc1cc(-c2cc(CN([C@H]3CCN(C(=O)OC(C)(C)C)C3)S(=O)(=O)c3ccccc3[N+](=O)[O-])ccn2)cc(C)c1C. The number of para-hydroxylation sites is 1. The summed E-state index contributed by atoms with van der Waals surface area (Å²) in [6, 6.07) is 12.4. The Morgan fingerprint density at radius 3 is 2.41 bits per heavy atom. The maximum Gasteiger partial charge on any atom is 0.410 e. The van der Waals surface area contributed by atoms with Gasteiger partial charge in [-0.15, -0.1) is 0 Å². The standard InChI is InChI=1S/C30H36N4O6S/c1-20-15-24(16-21(2)22(20)3)26-17-23(11-13-31-26)18-33(25-12-14-32(19-25)29(35)40-30(4,5)6)41(38,39)28-10-8-7-9-27(28)34(36)37/h7-11,13,15-17,25H,12,14,18-19H2,1-6H3/t25-/m0/s1. The van der Waals surface area contributed by atoms with Crippen LogP contribution < -0.4 is 0 Å². The number of sulfonamides is 1. The summed E-state index contributed by atoms with van der Waals surface area (Å²) < 4.78 is 35.0. The third-order valence-corrected chi connectivity index (χ3v) is 9.20. The van der Waals surface area contributed by atoms with Gasteiger partial charge in [0.05, 0.1) is 10.6 Å². The van der Waals surface area contributed by atoms with Crippen LogP contribution in [0.15, 0.2) is 59.6 Å². The van der Waals surface area contributed by atoms with E-state index in [9.17, 15) is 23.3 Å². The van der Waals surface area contributed by atoms with Crippen molar-refractivity contribution in [3.8, 4) is 11.3 Å². The second-order valence-electron chi connectivity index (χ2n) is 11.4. The first-order valence-corrected chi connectivity index (χ1v) is 14.9. The summed E-state index contributed by atoms with van der Waals surface area (Å²) in [6.07, 6.45) is 1.46. The van der Waals surface area contributed by atoms with E-state index in [4.69, 9.17) is 4.74 Å². The topological polar surface area (TPSA) is 123 Å². The van der Waals surface area contributed by atoms with Crippen LogP contribution in [0.5, 0.6) is 0 Å². The molecule has 0 N–H and O–H groups in total. The number of ether oxygens (including phenoxy) is 1. The van der Waals surface area contributed by atoms with Crippen molar-refractivity contribution in [1.29, 1.82) is 0 Å². The third kappa shape index (κ3) is 6.74. The van der Waals surface area contributed by atoms with E-state index in [-0.39, 0.29) is 18.0 Å². The van der Waals surface area contributed by atoms with Crippen LogP contribution in [0.2, 0.25) is 0 Å². The number of benzene rings is 2. The van der Waals surface area contributed by atoms with Crippen LogP contribution in [-0.2, 0) is 21.3 Å². The molecule has 0 bridgehead atoms. The van der Waals surface area contributed by atoms with Crippen LogP contribution >= 0.6 is 0 Å². The summed E-state index contributed by atoms with van der Waals surface area (Å²) in [5.74, 6) is 0. The van der Waals surface area contributed by atoms with Gasteiger partial charge in [-0.2, -0.15) is 4.31 Å². The minimum atomic E-state index is -4.35. The zero-order valence-electron chi connectivity index (χ0n) is 24.2. The Kier molecular flexibility index (Phi) is 8.51. The number of aryl methyl sites for hydroxylation is 2. The van der Waals surface area contributed by atoms with Gasteiger partial charge in [-0.1, -0.05) is 12.1 Å². The van der Waals surface area contributed by atoms with E-state index in [0.29, 0.717) is 24.2 Å². The molecule has 0 saturated carbocycles. The fourth-order valence-corrected chi connectivity index (χ4v) is 6.72. The van der Waals surface area contributed by atoms with E-state index in [1.807, 2.05) is 32.0 Å². The van der Waals surface area contributed by atoms with Gasteiger partial charge < -0.3 is 9.64 Å². The van der Waals surface area contributed by atoms with Crippen molar-refractivity contribution < 1.29 is 22.9 Å². The van der Waals surface area contributed by atoms with E-state index in [1.165, 1.54) is 39.0 Å². The van der Waals surface area contributed by atoms with Gasteiger partial charge in [0.2, 0.25) is 0 Å². The number of likely N-dealkylation sites (tertiary alicyclic amines) is 1. The number of carbonyl (C=O) groups excluding carboxylic acids is 1. The van der Waals surface area contributed by atoms with E-state index in [2.05, 4.69) is 11.9 Å². The van der Waals surface area contributed by atoms with Crippen molar-refractivity contribution >= 4 is 21.8 Å². The minimum absolute atomic E-state index is 0.0550. The maximum atomic E-state index is 14.1. The van der Waals surface area contributed by atoms with Gasteiger partial charge in [0, 0.05) is 43.5 Å². The molecule has 1 amide bonds. The lowest BCUT2D eigenvalue weighted by molar-refractivity contribution is -0.387. The second kappa shape index (κ2) is 11.6. The minimum Gasteiger partial charge on any atom is -0.444 e. The number of aromatic nitrogens is 1. The molecule has 10 nitrogen and oxygen atoms in total. The third-order valence-electron chi connectivity index (χ3n) is 7.26. The molecule has 1 aliphatic heterocycles. The molecular weight excluding hydrogens is 544 g/mol. The largest absolute Gasteiger partial charge is 0.444 e. The van der Waals surface area contributed by atoms with E-state index in [1.54, 1.807) is 33.0 Å². The molecule has 4 rings (SSSR count). The Hall–Kier alpha value is -3.83. The fraction of sp³-hybridized carbons (Fsp3) is 0.400. The van der Waals surface area contributed by atoms with Crippen molar-refractivity contribution in [1.82, 2.24) is 14.2 Å². The monoisotopic (exact) mass is 580 g/mol. The molecule has 0 spiro atoms. The van der Waals surface area contributed by atoms with Crippen LogP contribution in [0.3, 0.4) is 0 Å². The maximum absolute atomic E-state index is 14.1. The lowest BCUT2D eigenvalue weighted by atomic mass is 9.98. The van der Waals surface area contributed by atoms with Crippen molar-refractivity contribution in [2.45, 2.75) is 71.0 Å². The molecule has 1 aromatic heterocycles. The number of hydrogen-bond donors (Lipinski definition) is 0. The molecule has 0 unspecified atom stereocenters. The second-order valence-corrected chi connectivity index (χ2v) is 13.3. The zero-order valence-corrected chi connectivity index (χ0v) is 25.1. The highest BCUT2D eigenvalue weighted by Crippen LogP contribution is 2.32. The molecule has 1 aliphatic rings. The highest BCUT2D eigenvalue weighted by Gasteiger charge is 2.40. The molecule has 1 atom stereocenters. The van der Waals surface area contributed by atoms with E-state index in [0.717, 1.165) is 16.7 Å². The molecule has 41 heavy (non-hydrogen) atoms. The number of amides is 1. The number of hydrogen-bond acceptors (Lipinski definition) is 7. The van der Waals surface area contributed by atoms with E-state index < -0.39 is 38.4 Å².